The average molecular weight is 245 g/mol. The minimum Gasteiger partial charge on any atom is -0.315 e. The lowest BCUT2D eigenvalue weighted by atomic mass is 10.2. The maximum atomic E-state index is 12.2. The molecule has 0 aromatic carbocycles. The molecule has 0 spiro atoms. The van der Waals surface area contributed by atoms with Crippen LogP contribution in [0.1, 0.15) is 11.7 Å². The van der Waals surface area contributed by atoms with E-state index in [1.807, 2.05) is 0 Å². The zero-order valence-corrected chi connectivity index (χ0v) is 8.16. The van der Waals surface area contributed by atoms with Crippen molar-refractivity contribution in [1.82, 2.24) is 4.98 Å². The van der Waals surface area contributed by atoms with Gasteiger partial charge in [-0.3, -0.25) is 0 Å². The van der Waals surface area contributed by atoms with E-state index in [-0.39, 0.29) is 10.2 Å². The van der Waals surface area contributed by atoms with Gasteiger partial charge >= 0.3 is 6.18 Å². The van der Waals surface area contributed by atoms with Crippen LogP contribution in [0.4, 0.5) is 13.2 Å². The van der Waals surface area contributed by atoms with Gasteiger partial charge < -0.3 is 5.73 Å². The van der Waals surface area contributed by atoms with E-state index in [0.29, 0.717) is 0 Å². The highest BCUT2D eigenvalue weighted by Gasteiger charge is 2.40. The van der Waals surface area contributed by atoms with Gasteiger partial charge in [0.15, 0.2) is 0 Å². The number of aromatic nitrogens is 1. The zero-order valence-electron chi connectivity index (χ0n) is 6.65. The quantitative estimate of drug-likeness (QED) is 0.772. The highest BCUT2D eigenvalue weighted by Crippen LogP contribution is 2.33. The van der Waals surface area contributed by atoms with Gasteiger partial charge in [-0.15, -0.1) is 0 Å². The lowest BCUT2D eigenvalue weighted by Gasteiger charge is -2.15. The average Bonchev–Trinajstić information content (AvgIpc) is 2.06. The smallest absolute Gasteiger partial charge is 0.315 e. The number of nitrogens with two attached hydrogens (primary N) is 1. The van der Waals surface area contributed by atoms with Crippen molar-refractivity contribution in [3.05, 3.63) is 28.0 Å². The third-order valence-corrected chi connectivity index (χ3v) is 2.02. The van der Waals surface area contributed by atoms with E-state index in [2.05, 4.69) is 4.98 Å². The molecule has 14 heavy (non-hydrogen) atoms. The first-order chi connectivity index (χ1) is 6.32. The van der Waals surface area contributed by atoms with Crippen molar-refractivity contribution in [2.45, 2.75) is 12.2 Å². The first kappa shape index (κ1) is 11.6. The number of pyridine rings is 1. The number of hydrogen-bond acceptors (Lipinski definition) is 2. The van der Waals surface area contributed by atoms with Crippen LogP contribution in [-0.2, 0) is 0 Å². The molecule has 78 valence electrons. The monoisotopic (exact) mass is 244 g/mol. The highest BCUT2D eigenvalue weighted by molar-refractivity contribution is 6.32. The Kier molecular flexibility index (Phi) is 3.24. The molecular weight excluding hydrogens is 240 g/mol. The van der Waals surface area contributed by atoms with E-state index in [1.54, 1.807) is 0 Å². The number of alkyl halides is 3. The van der Waals surface area contributed by atoms with E-state index < -0.39 is 17.9 Å². The Morgan fingerprint density at radius 1 is 1.29 bits per heavy atom. The Morgan fingerprint density at radius 2 is 1.86 bits per heavy atom. The molecule has 0 fully saturated rings. The maximum Gasteiger partial charge on any atom is 0.409 e. The molecule has 1 atom stereocenters. The van der Waals surface area contributed by atoms with Crippen LogP contribution >= 0.6 is 23.2 Å². The standard InChI is InChI=1S/C7H5Cl2F3N2/c8-3-1-2-4(9)14-5(3)6(13)7(10,11)12/h1-2,6H,13H2/t6-/m0/s1. The van der Waals surface area contributed by atoms with Crippen LogP contribution in [0.15, 0.2) is 12.1 Å². The summed E-state index contributed by atoms with van der Waals surface area (Å²) < 4.78 is 36.5. The van der Waals surface area contributed by atoms with Gasteiger partial charge in [0, 0.05) is 0 Å². The third kappa shape index (κ3) is 2.50. The summed E-state index contributed by atoms with van der Waals surface area (Å²) in [6.45, 7) is 0. The molecule has 0 amide bonds. The SMILES string of the molecule is N[C@@H](c1nc(Cl)ccc1Cl)C(F)(F)F. The molecule has 0 bridgehead atoms. The van der Waals surface area contributed by atoms with Crippen molar-refractivity contribution in [2.24, 2.45) is 5.73 Å². The summed E-state index contributed by atoms with van der Waals surface area (Å²) >= 11 is 10.9. The lowest BCUT2D eigenvalue weighted by Crippen LogP contribution is -2.29. The summed E-state index contributed by atoms with van der Waals surface area (Å²) in [7, 11) is 0. The second-order valence-electron chi connectivity index (χ2n) is 2.52. The second-order valence-corrected chi connectivity index (χ2v) is 3.31. The minimum atomic E-state index is -4.58. The van der Waals surface area contributed by atoms with Gasteiger partial charge in [-0.25, -0.2) is 4.98 Å². The van der Waals surface area contributed by atoms with Crippen LogP contribution in [0.3, 0.4) is 0 Å². The van der Waals surface area contributed by atoms with Gasteiger partial charge in [-0.2, -0.15) is 13.2 Å². The Hall–Kier alpha value is -0.520. The van der Waals surface area contributed by atoms with Crippen molar-refractivity contribution >= 4 is 23.2 Å². The van der Waals surface area contributed by atoms with Crippen LogP contribution in [0.2, 0.25) is 10.2 Å². The molecule has 0 unspecified atom stereocenters. The van der Waals surface area contributed by atoms with Crippen molar-refractivity contribution < 1.29 is 13.2 Å². The molecule has 1 rings (SSSR count). The molecular formula is C7H5Cl2F3N2. The Balaban J connectivity index is 3.12. The van der Waals surface area contributed by atoms with E-state index in [1.165, 1.54) is 12.1 Å². The van der Waals surface area contributed by atoms with Crippen LogP contribution in [0.5, 0.6) is 0 Å². The molecule has 0 aliphatic carbocycles. The summed E-state index contributed by atoms with van der Waals surface area (Å²) in [4.78, 5) is 3.43. The zero-order chi connectivity index (χ0) is 10.9. The van der Waals surface area contributed by atoms with Gasteiger partial charge in [0.25, 0.3) is 0 Å². The molecule has 1 aromatic rings. The number of nitrogens with zero attached hydrogens (tertiary/aromatic N) is 1. The fourth-order valence-electron chi connectivity index (χ4n) is 0.806. The number of hydrogen-bond donors (Lipinski definition) is 1. The summed E-state index contributed by atoms with van der Waals surface area (Å²) in [6, 6.07) is 0.294. The van der Waals surface area contributed by atoms with E-state index in [0.717, 1.165) is 0 Å². The minimum absolute atomic E-state index is 0.0795. The van der Waals surface area contributed by atoms with Gasteiger partial charge in [0.2, 0.25) is 0 Å². The van der Waals surface area contributed by atoms with Gasteiger partial charge in [0.1, 0.15) is 11.2 Å². The van der Waals surface area contributed by atoms with Crippen LogP contribution in [0.25, 0.3) is 0 Å². The first-order valence-corrected chi connectivity index (χ1v) is 4.22. The third-order valence-electron chi connectivity index (χ3n) is 1.49. The van der Waals surface area contributed by atoms with E-state index in [4.69, 9.17) is 28.9 Å². The topological polar surface area (TPSA) is 38.9 Å². The summed E-state index contributed by atoms with van der Waals surface area (Å²) in [6.07, 6.45) is -4.58. The summed E-state index contributed by atoms with van der Waals surface area (Å²) in [5, 5.41) is -0.233. The predicted octanol–water partition coefficient (Wildman–Crippen LogP) is 2.95. The van der Waals surface area contributed by atoms with Crippen LogP contribution in [0, 0.1) is 0 Å². The van der Waals surface area contributed by atoms with E-state index in [9.17, 15) is 13.2 Å². The first-order valence-electron chi connectivity index (χ1n) is 3.46. The van der Waals surface area contributed by atoms with Crippen molar-refractivity contribution in [1.29, 1.82) is 0 Å². The molecule has 1 heterocycles. The molecule has 2 N–H and O–H groups in total. The highest BCUT2D eigenvalue weighted by atomic mass is 35.5. The van der Waals surface area contributed by atoms with E-state index >= 15 is 0 Å². The fourth-order valence-corrected chi connectivity index (χ4v) is 1.18. The van der Waals surface area contributed by atoms with Gasteiger partial charge in [0.05, 0.1) is 10.7 Å². The van der Waals surface area contributed by atoms with Crippen molar-refractivity contribution in [3.8, 4) is 0 Å². The van der Waals surface area contributed by atoms with Crippen LogP contribution < -0.4 is 5.73 Å². The lowest BCUT2D eigenvalue weighted by molar-refractivity contribution is -0.149. The summed E-state index contributed by atoms with van der Waals surface area (Å²) in [5.41, 5.74) is 4.45. The molecule has 0 saturated heterocycles. The fraction of sp³-hybridized carbons (Fsp3) is 0.286. The van der Waals surface area contributed by atoms with Gasteiger partial charge in [-0.1, -0.05) is 23.2 Å². The van der Waals surface area contributed by atoms with Gasteiger partial charge in [-0.05, 0) is 12.1 Å². The Morgan fingerprint density at radius 3 is 2.36 bits per heavy atom. The second kappa shape index (κ2) is 3.92. The predicted molar refractivity (Wildman–Crippen MR) is 47.2 cm³/mol. The normalized spacial score (nSPS) is 14.1. The number of rotatable bonds is 1. The Bertz CT molecular complexity index is 340. The maximum absolute atomic E-state index is 12.2. The van der Waals surface area contributed by atoms with Crippen LogP contribution in [-0.4, -0.2) is 11.2 Å². The molecule has 0 aliphatic heterocycles. The Labute approximate surface area is 87.8 Å². The molecule has 0 radical (unpaired) electrons. The molecule has 2 nitrogen and oxygen atoms in total. The molecule has 0 aliphatic rings. The summed E-state index contributed by atoms with van der Waals surface area (Å²) in [5.74, 6) is 0. The molecule has 0 saturated carbocycles. The van der Waals surface area contributed by atoms with Crippen molar-refractivity contribution in [3.63, 3.8) is 0 Å². The number of halogens is 5. The molecule has 7 heteroatoms. The molecule has 1 aromatic heterocycles. The largest absolute Gasteiger partial charge is 0.409 e. The van der Waals surface area contributed by atoms with Crippen molar-refractivity contribution in [2.75, 3.05) is 0 Å².